The van der Waals surface area contributed by atoms with Gasteiger partial charge >= 0.3 is 0 Å². The van der Waals surface area contributed by atoms with Gasteiger partial charge < -0.3 is 73.8 Å². The number of hydrogen-bond donors (Lipinski definition) is 5. The number of thiol groups is 1. The van der Waals surface area contributed by atoms with E-state index >= 15 is 0 Å². The first-order valence-corrected chi connectivity index (χ1v) is 26.5. The predicted molar refractivity (Wildman–Crippen MR) is 289 cm³/mol. The molecule has 0 spiro atoms. The van der Waals surface area contributed by atoms with Gasteiger partial charge in [-0.1, -0.05) is 13.0 Å². The number of ether oxygens (including phenoxy) is 11. The lowest BCUT2D eigenvalue weighted by Crippen LogP contribution is -2.41. The average molecular weight is 1220 g/mol. The van der Waals surface area contributed by atoms with E-state index < -0.39 is 17.7 Å². The van der Waals surface area contributed by atoms with Gasteiger partial charge in [0, 0.05) is 49.2 Å². The van der Waals surface area contributed by atoms with Crippen LogP contribution in [0.25, 0.3) is 6.08 Å². The molecule has 3 rings (SSSR count). The van der Waals surface area contributed by atoms with E-state index in [2.05, 4.69) is 65.4 Å². The van der Waals surface area contributed by atoms with E-state index in [0.29, 0.717) is 169 Å². The van der Waals surface area contributed by atoms with E-state index in [1.165, 1.54) is 5.06 Å². The van der Waals surface area contributed by atoms with Crippen LogP contribution in [0.1, 0.15) is 25.3 Å². The molecular formula is C48H79Br2N7O17S. The Balaban J connectivity index is 0.000000835. The maximum absolute atomic E-state index is 12.8. The number of imide groups is 1. The van der Waals surface area contributed by atoms with Crippen LogP contribution >= 0.6 is 44.5 Å². The first-order valence-electron chi connectivity index (χ1n) is 24.5. The normalized spacial score (nSPS) is 13.0. The van der Waals surface area contributed by atoms with Gasteiger partial charge in [-0.15, -0.1) is 12.6 Å². The molecule has 0 aliphatic carbocycles. The van der Waals surface area contributed by atoms with Gasteiger partial charge in [-0.2, -0.15) is 0 Å². The van der Waals surface area contributed by atoms with Crippen LogP contribution in [0, 0.1) is 0 Å². The van der Waals surface area contributed by atoms with Crippen LogP contribution in [0.5, 0.6) is 0 Å². The first-order chi connectivity index (χ1) is 36.4. The molecule has 0 fully saturated rings. The lowest BCUT2D eigenvalue weighted by atomic mass is 10.1. The minimum Gasteiger partial charge on any atom is -0.387 e. The van der Waals surface area contributed by atoms with E-state index in [4.69, 9.17) is 62.7 Å². The zero-order chi connectivity index (χ0) is 55.2. The Morgan fingerprint density at radius 3 is 1.55 bits per heavy atom. The van der Waals surface area contributed by atoms with Crippen LogP contribution in [-0.4, -0.2) is 239 Å². The summed E-state index contributed by atoms with van der Waals surface area (Å²) in [4.78, 5) is 70.4. The highest BCUT2D eigenvalue weighted by Gasteiger charge is 2.37. The molecule has 5 amide bonds. The summed E-state index contributed by atoms with van der Waals surface area (Å²) in [7, 11) is 5.39. The number of benzene rings is 1. The van der Waals surface area contributed by atoms with Gasteiger partial charge in [-0.05, 0) is 70.6 Å². The second-order valence-corrected chi connectivity index (χ2v) is 17.4. The summed E-state index contributed by atoms with van der Waals surface area (Å²) in [5.41, 5.74) is 7.96. The smallest absolute Gasteiger partial charge is 0.273 e. The van der Waals surface area contributed by atoms with E-state index in [0.717, 1.165) is 21.8 Å². The van der Waals surface area contributed by atoms with Crippen LogP contribution < -0.4 is 21.7 Å². The minimum absolute atomic E-state index is 0.101. The molecule has 2 aliphatic rings. The number of carbonyl (C=O) groups excluding carboxylic acids is 5. The number of hydroxylamine groups is 2. The molecule has 24 nitrogen and oxygen atoms in total. The monoisotopic (exact) mass is 1220 g/mol. The predicted octanol–water partition coefficient (Wildman–Crippen LogP) is 1.79. The molecule has 0 saturated heterocycles. The fourth-order valence-electron chi connectivity index (χ4n) is 5.72. The lowest BCUT2D eigenvalue weighted by molar-refractivity contribution is -0.181. The summed E-state index contributed by atoms with van der Waals surface area (Å²) in [6.45, 7) is 12.7. The van der Waals surface area contributed by atoms with Crippen LogP contribution in [-0.2, 0) is 80.9 Å². The molecular weight excluding hydrogens is 1140 g/mol. The summed E-state index contributed by atoms with van der Waals surface area (Å²) in [5.74, 6) is -1.47. The molecule has 0 radical (unpaired) electrons. The topological polar surface area (TPSA) is 277 Å². The van der Waals surface area contributed by atoms with Gasteiger partial charge in [-0.3, -0.25) is 33.7 Å². The second-order valence-electron chi connectivity index (χ2n) is 15.3. The number of amidine groups is 1. The maximum Gasteiger partial charge on any atom is 0.273 e. The largest absolute Gasteiger partial charge is 0.387 e. The molecule has 0 unspecified atom stereocenters. The number of rotatable bonds is 43. The molecule has 0 saturated carbocycles. The van der Waals surface area contributed by atoms with Gasteiger partial charge in [0.2, 0.25) is 12.3 Å². The standard InChI is InChI=1S/C29H50Br2N2O14.C17H22N4O3S.C2H7N/c1-37-4-5-39-8-9-41-12-13-43-16-17-45-20-21-47-23-22-46-19-18-44-15-14-42-11-10-40-7-6-38-3-2-32-25(34)24-33-28(35)26(30)27(31)29(33)36;1-2-6-21(24-7-5-19-11-22)17(23)13-8-12-3-4-14(25)10-15(12)20-16(18)9-13;1-3-2/h2-24H2,1H3,(H,32,34);3-4,8,10-11,25H,2,5-7,9H2,1H3,(H2,18,20)(H,19,22);3H,1-2H3. The zero-order valence-corrected chi connectivity index (χ0v) is 47.8. The number of nitrogens with two attached hydrogens (primary N) is 1. The summed E-state index contributed by atoms with van der Waals surface area (Å²) in [6.07, 6.45) is 3.35. The van der Waals surface area contributed by atoms with E-state index in [-0.39, 0.29) is 47.6 Å². The van der Waals surface area contributed by atoms with Crippen molar-refractivity contribution in [1.29, 1.82) is 0 Å². The average Bonchev–Trinajstić information content (AvgIpc) is 3.48. The van der Waals surface area contributed by atoms with Crippen molar-refractivity contribution in [2.24, 2.45) is 10.7 Å². The summed E-state index contributed by atoms with van der Waals surface area (Å²) in [6, 6.07) is 5.50. The Hall–Kier alpha value is -3.49. The van der Waals surface area contributed by atoms with Gasteiger partial charge in [-0.25, -0.2) is 10.1 Å². The number of nitrogens with zero attached hydrogens (tertiary/aromatic N) is 3. The van der Waals surface area contributed by atoms with Crippen LogP contribution in [0.3, 0.4) is 0 Å². The number of amides is 5. The Bertz CT molecular complexity index is 1820. The zero-order valence-electron chi connectivity index (χ0n) is 43.7. The fraction of sp³-hybridized carbons (Fsp3) is 0.667. The SMILES string of the molecule is CCCN(OCCNC=O)C(=O)C1=Cc2ccc(S)cc2N=C(N)C1.CNC.COCCOCCOCCOCCOCCOCCOCCOCCOCCOCCOCCNC(=O)CN1C(=O)C(Br)=C(Br)C1=O. The molecule has 1 aromatic carbocycles. The minimum atomic E-state index is -0.558. The third kappa shape index (κ3) is 34.8. The van der Waals surface area contributed by atoms with Crippen molar-refractivity contribution in [3.63, 3.8) is 0 Å². The van der Waals surface area contributed by atoms with E-state index in [1.54, 1.807) is 19.3 Å². The number of fused-ring (bicyclic) bond motifs is 1. The molecule has 2 heterocycles. The number of hydrogen-bond acceptors (Lipinski definition) is 21. The van der Waals surface area contributed by atoms with Crippen LogP contribution in [0.4, 0.5) is 5.69 Å². The highest BCUT2D eigenvalue weighted by Crippen LogP contribution is 2.30. The molecule has 27 heteroatoms. The van der Waals surface area contributed by atoms with E-state index in [1.807, 2.05) is 33.2 Å². The highest BCUT2D eigenvalue weighted by atomic mass is 79.9. The highest BCUT2D eigenvalue weighted by molar-refractivity contribution is 9.14. The number of methoxy groups -OCH3 is 1. The van der Waals surface area contributed by atoms with Crippen molar-refractivity contribution >= 4 is 92.1 Å². The number of carbonyl (C=O) groups is 5. The van der Waals surface area contributed by atoms with Crippen molar-refractivity contribution in [2.75, 3.05) is 193 Å². The lowest BCUT2D eigenvalue weighted by Gasteiger charge is -2.22. The molecule has 75 heavy (non-hydrogen) atoms. The molecule has 1 aromatic rings. The third-order valence-electron chi connectivity index (χ3n) is 9.19. The van der Waals surface area contributed by atoms with Crippen LogP contribution in [0.2, 0.25) is 0 Å². The Morgan fingerprint density at radius 2 is 1.13 bits per heavy atom. The van der Waals surface area contributed by atoms with Crippen molar-refractivity contribution in [3.8, 4) is 0 Å². The van der Waals surface area contributed by atoms with E-state index in [9.17, 15) is 24.0 Å². The molecule has 0 aromatic heterocycles. The Kier molecular flexibility index (Phi) is 44.2. The Labute approximate surface area is 463 Å². The molecule has 428 valence electrons. The number of nitrogens with one attached hydrogen (secondary N) is 3. The van der Waals surface area contributed by atoms with Crippen molar-refractivity contribution in [2.45, 2.75) is 24.7 Å². The third-order valence-corrected chi connectivity index (χ3v) is 11.5. The van der Waals surface area contributed by atoms with Gasteiger partial charge in [0.1, 0.15) is 21.3 Å². The summed E-state index contributed by atoms with van der Waals surface area (Å²) in [5, 5.41) is 9.15. The second kappa shape index (κ2) is 47.7. The quantitative estimate of drug-likeness (QED) is 0.0205. The van der Waals surface area contributed by atoms with Gasteiger partial charge in [0.05, 0.1) is 151 Å². The number of aliphatic imine (C=N–C) groups is 1. The molecule has 0 atom stereocenters. The van der Waals surface area contributed by atoms with Crippen molar-refractivity contribution in [1.82, 2.24) is 25.9 Å². The van der Waals surface area contributed by atoms with Gasteiger partial charge in [0.25, 0.3) is 17.7 Å². The van der Waals surface area contributed by atoms with Crippen molar-refractivity contribution in [3.05, 3.63) is 38.3 Å². The first kappa shape index (κ1) is 69.5. The summed E-state index contributed by atoms with van der Waals surface area (Å²) >= 11 is 10.3. The molecule has 0 bridgehead atoms. The van der Waals surface area contributed by atoms with Crippen LogP contribution in [0.15, 0.2) is 42.6 Å². The maximum atomic E-state index is 12.8. The van der Waals surface area contributed by atoms with Crippen molar-refractivity contribution < 1.29 is 80.9 Å². The number of halogens is 2. The fourth-order valence-corrected chi connectivity index (χ4v) is 6.69. The summed E-state index contributed by atoms with van der Waals surface area (Å²) < 4.78 is 59.2. The molecule has 2 aliphatic heterocycles. The van der Waals surface area contributed by atoms with Gasteiger partial charge in [0.15, 0.2) is 0 Å². The molecule has 5 N–H and O–H groups in total. The Morgan fingerprint density at radius 1 is 0.707 bits per heavy atom.